The van der Waals surface area contributed by atoms with E-state index >= 15 is 0 Å². The number of carbonyl (C=O) groups is 2. The lowest BCUT2D eigenvalue weighted by atomic mass is 9.89. The number of rotatable bonds is 3. The lowest BCUT2D eigenvalue weighted by Gasteiger charge is -2.20. The lowest BCUT2D eigenvalue weighted by molar-refractivity contribution is -0.126. The van der Waals surface area contributed by atoms with Gasteiger partial charge >= 0.3 is 0 Å². The molecule has 1 aromatic rings. The minimum atomic E-state index is -0.288. The van der Waals surface area contributed by atoms with Crippen LogP contribution in [-0.2, 0) is 4.79 Å². The second kappa shape index (κ2) is 7.11. The zero-order chi connectivity index (χ0) is 15.2. The van der Waals surface area contributed by atoms with Crippen LogP contribution in [0.5, 0.6) is 0 Å². The van der Waals surface area contributed by atoms with Gasteiger partial charge in [0.25, 0.3) is 5.91 Å². The molecule has 5 heteroatoms. The summed E-state index contributed by atoms with van der Waals surface area (Å²) in [6.45, 7) is 0. The molecule has 0 bridgehead atoms. The number of hydrogen-bond acceptors (Lipinski definition) is 3. The van der Waals surface area contributed by atoms with Crippen LogP contribution in [-0.4, -0.2) is 25.9 Å². The Morgan fingerprint density at radius 2 is 1.62 bits per heavy atom. The van der Waals surface area contributed by atoms with Crippen LogP contribution in [0, 0.1) is 5.92 Å². The fraction of sp³-hybridized carbons (Fsp3) is 0.500. The molecular formula is C16H23N3O2. The van der Waals surface area contributed by atoms with E-state index in [-0.39, 0.29) is 17.7 Å². The van der Waals surface area contributed by atoms with Crippen molar-refractivity contribution >= 4 is 17.5 Å². The molecular weight excluding hydrogens is 266 g/mol. The summed E-state index contributed by atoms with van der Waals surface area (Å²) in [6, 6.07) is 7.24. The molecule has 2 N–H and O–H groups in total. The van der Waals surface area contributed by atoms with E-state index in [4.69, 9.17) is 0 Å². The minimum absolute atomic E-state index is 0.0372. The van der Waals surface area contributed by atoms with Crippen molar-refractivity contribution in [2.75, 3.05) is 19.0 Å². The van der Waals surface area contributed by atoms with Gasteiger partial charge in [0.1, 0.15) is 0 Å². The molecule has 2 rings (SSSR count). The van der Waals surface area contributed by atoms with Crippen molar-refractivity contribution in [2.24, 2.45) is 5.92 Å². The Balaban J connectivity index is 1.84. The van der Waals surface area contributed by atoms with Crippen molar-refractivity contribution in [2.45, 2.75) is 32.1 Å². The molecule has 0 unspecified atom stereocenters. The number of amides is 2. The largest absolute Gasteiger partial charge is 0.378 e. The Hall–Kier alpha value is -2.04. The summed E-state index contributed by atoms with van der Waals surface area (Å²) in [5.41, 5.74) is 6.59. The van der Waals surface area contributed by atoms with E-state index in [2.05, 4.69) is 10.9 Å². The molecule has 1 fully saturated rings. The Kier molecular flexibility index (Phi) is 5.20. The first-order chi connectivity index (χ1) is 10.1. The second-order valence-corrected chi connectivity index (χ2v) is 5.72. The SMILES string of the molecule is CN(C)c1ccc(C(=O)NNC(=O)C2CCCCC2)cc1. The molecule has 0 aliphatic heterocycles. The number of hydrazine groups is 1. The van der Waals surface area contributed by atoms with Gasteiger partial charge < -0.3 is 4.90 Å². The zero-order valence-corrected chi connectivity index (χ0v) is 12.7. The van der Waals surface area contributed by atoms with Crippen molar-refractivity contribution in [3.05, 3.63) is 29.8 Å². The van der Waals surface area contributed by atoms with Gasteiger partial charge in [-0.15, -0.1) is 0 Å². The first-order valence-corrected chi connectivity index (χ1v) is 7.45. The molecule has 0 radical (unpaired) electrons. The maximum absolute atomic E-state index is 12.0. The molecule has 1 saturated carbocycles. The molecule has 0 atom stereocenters. The quantitative estimate of drug-likeness (QED) is 0.838. The summed E-state index contributed by atoms with van der Waals surface area (Å²) in [5.74, 6) is -0.326. The summed E-state index contributed by atoms with van der Waals surface area (Å²) < 4.78 is 0. The van der Waals surface area contributed by atoms with Gasteiger partial charge in [0.05, 0.1) is 0 Å². The highest BCUT2D eigenvalue weighted by Gasteiger charge is 2.21. The first-order valence-electron chi connectivity index (χ1n) is 7.45. The zero-order valence-electron chi connectivity index (χ0n) is 12.7. The predicted octanol–water partition coefficient (Wildman–Crippen LogP) is 2.09. The highest BCUT2D eigenvalue weighted by molar-refractivity contribution is 5.95. The number of nitrogens with zero attached hydrogens (tertiary/aromatic N) is 1. The Morgan fingerprint density at radius 1 is 1.00 bits per heavy atom. The number of carbonyl (C=O) groups excluding carboxylic acids is 2. The third-order valence-electron chi connectivity index (χ3n) is 3.92. The Bertz CT molecular complexity index is 491. The van der Waals surface area contributed by atoms with E-state index in [1.54, 1.807) is 12.1 Å². The Labute approximate surface area is 125 Å². The number of anilines is 1. The van der Waals surface area contributed by atoms with Crippen LogP contribution in [0.25, 0.3) is 0 Å². The predicted molar refractivity (Wildman–Crippen MR) is 83.0 cm³/mol. The van der Waals surface area contributed by atoms with Crippen LogP contribution in [0.3, 0.4) is 0 Å². The standard InChI is InChI=1S/C16H23N3O2/c1-19(2)14-10-8-13(9-11-14)16(21)18-17-15(20)12-6-4-3-5-7-12/h8-12H,3-7H2,1-2H3,(H,17,20)(H,18,21). The lowest BCUT2D eigenvalue weighted by Crippen LogP contribution is -2.44. The summed E-state index contributed by atoms with van der Waals surface area (Å²) >= 11 is 0. The normalized spacial score (nSPS) is 15.3. The molecule has 114 valence electrons. The topological polar surface area (TPSA) is 61.4 Å². The van der Waals surface area contributed by atoms with E-state index in [0.29, 0.717) is 5.56 Å². The van der Waals surface area contributed by atoms with Crippen LogP contribution in [0.1, 0.15) is 42.5 Å². The van der Waals surface area contributed by atoms with Crippen LogP contribution in [0.2, 0.25) is 0 Å². The van der Waals surface area contributed by atoms with Gasteiger partial charge in [0.2, 0.25) is 5.91 Å². The van der Waals surface area contributed by atoms with Crippen molar-refractivity contribution in [3.8, 4) is 0 Å². The van der Waals surface area contributed by atoms with Crippen molar-refractivity contribution < 1.29 is 9.59 Å². The number of benzene rings is 1. The van der Waals surface area contributed by atoms with E-state index in [0.717, 1.165) is 31.4 Å². The number of hydrogen-bond donors (Lipinski definition) is 2. The van der Waals surface area contributed by atoms with Crippen molar-refractivity contribution in [1.29, 1.82) is 0 Å². The maximum atomic E-state index is 12.0. The summed E-state index contributed by atoms with van der Waals surface area (Å²) in [5, 5.41) is 0. The molecule has 1 aromatic carbocycles. The van der Waals surface area contributed by atoms with E-state index in [9.17, 15) is 9.59 Å². The molecule has 2 amide bonds. The van der Waals surface area contributed by atoms with Crippen LogP contribution >= 0.6 is 0 Å². The molecule has 0 heterocycles. The van der Waals surface area contributed by atoms with Gasteiger partial charge in [-0.1, -0.05) is 19.3 Å². The second-order valence-electron chi connectivity index (χ2n) is 5.72. The van der Waals surface area contributed by atoms with Gasteiger partial charge in [0.15, 0.2) is 0 Å². The Morgan fingerprint density at radius 3 is 2.19 bits per heavy atom. The summed E-state index contributed by atoms with van der Waals surface area (Å²) in [4.78, 5) is 25.9. The fourth-order valence-corrected chi connectivity index (χ4v) is 2.57. The highest BCUT2D eigenvalue weighted by atomic mass is 16.2. The van der Waals surface area contributed by atoms with Gasteiger partial charge in [-0.05, 0) is 37.1 Å². The van der Waals surface area contributed by atoms with Crippen molar-refractivity contribution in [3.63, 3.8) is 0 Å². The van der Waals surface area contributed by atoms with Gasteiger partial charge in [-0.2, -0.15) is 0 Å². The average Bonchev–Trinajstić information content (AvgIpc) is 2.53. The molecule has 0 aromatic heterocycles. The van der Waals surface area contributed by atoms with Gasteiger partial charge in [-0.25, -0.2) is 0 Å². The summed E-state index contributed by atoms with van der Waals surface area (Å²) in [6.07, 6.45) is 5.23. The highest BCUT2D eigenvalue weighted by Crippen LogP contribution is 2.23. The summed E-state index contributed by atoms with van der Waals surface area (Å²) in [7, 11) is 3.89. The van der Waals surface area contributed by atoms with E-state index < -0.39 is 0 Å². The van der Waals surface area contributed by atoms with Crippen LogP contribution < -0.4 is 15.8 Å². The third kappa shape index (κ3) is 4.21. The van der Waals surface area contributed by atoms with Gasteiger partial charge in [0, 0.05) is 31.3 Å². The van der Waals surface area contributed by atoms with E-state index in [1.165, 1.54) is 6.42 Å². The monoisotopic (exact) mass is 289 g/mol. The molecule has 21 heavy (non-hydrogen) atoms. The fourth-order valence-electron chi connectivity index (χ4n) is 2.57. The average molecular weight is 289 g/mol. The molecule has 1 aliphatic carbocycles. The maximum Gasteiger partial charge on any atom is 0.269 e. The molecule has 5 nitrogen and oxygen atoms in total. The molecule has 1 aliphatic rings. The third-order valence-corrected chi connectivity index (χ3v) is 3.92. The minimum Gasteiger partial charge on any atom is -0.378 e. The smallest absolute Gasteiger partial charge is 0.269 e. The molecule has 0 saturated heterocycles. The first kappa shape index (κ1) is 15.4. The van der Waals surface area contributed by atoms with E-state index in [1.807, 2.05) is 31.1 Å². The van der Waals surface area contributed by atoms with Crippen LogP contribution in [0.4, 0.5) is 5.69 Å². The van der Waals surface area contributed by atoms with Crippen molar-refractivity contribution in [1.82, 2.24) is 10.9 Å². The number of nitrogens with one attached hydrogen (secondary N) is 2. The van der Waals surface area contributed by atoms with Crippen LogP contribution in [0.15, 0.2) is 24.3 Å². The molecule has 0 spiro atoms. The van der Waals surface area contributed by atoms with Gasteiger partial charge in [-0.3, -0.25) is 20.4 Å².